The number of carboxylic acid groups (broad SMARTS) is 1. The van der Waals surface area contributed by atoms with E-state index in [1.54, 1.807) is 35.3 Å². The predicted octanol–water partition coefficient (Wildman–Crippen LogP) is 2.50. The molecule has 2 aromatic carbocycles. The largest absolute Gasteiger partial charge is 0.478 e. The van der Waals surface area contributed by atoms with Gasteiger partial charge in [0.1, 0.15) is 0 Å². The first-order chi connectivity index (χ1) is 12.0. The van der Waals surface area contributed by atoms with Crippen LogP contribution >= 0.6 is 0 Å². The van der Waals surface area contributed by atoms with Gasteiger partial charge < -0.3 is 5.11 Å². The number of Topliss-reactive ketones (excluding diaryl/α,β-unsaturated/α-hetero) is 1. The van der Waals surface area contributed by atoms with E-state index in [0.29, 0.717) is 5.56 Å². The number of aliphatic carboxylic acids is 1. The summed E-state index contributed by atoms with van der Waals surface area (Å²) in [6.45, 7) is 3.34. The van der Waals surface area contributed by atoms with Crippen molar-refractivity contribution in [3.63, 3.8) is 0 Å². The highest BCUT2D eigenvalue weighted by Gasteiger charge is 2.12. The van der Waals surface area contributed by atoms with E-state index < -0.39 is 5.97 Å². The molecule has 6 heteroatoms. The highest BCUT2D eigenvalue weighted by molar-refractivity contribution is 5.94. The molecule has 0 bridgehead atoms. The van der Waals surface area contributed by atoms with Gasteiger partial charge in [-0.1, -0.05) is 30.3 Å². The number of hydrogen-bond acceptors (Lipinski definition) is 3. The predicted molar refractivity (Wildman–Crippen MR) is 96.1 cm³/mol. The first-order valence-electron chi connectivity index (χ1n) is 7.97. The normalized spacial score (nSPS) is 12.3. The van der Waals surface area contributed by atoms with Crippen molar-refractivity contribution in [2.45, 2.75) is 19.9 Å². The lowest BCUT2D eigenvalue weighted by Crippen LogP contribution is -2.34. The summed E-state index contributed by atoms with van der Waals surface area (Å²) in [5, 5.41) is 11.5. The number of carboxylic acids is 1. The van der Waals surface area contributed by atoms with E-state index in [9.17, 15) is 9.59 Å². The molecule has 2 aromatic rings. The molecule has 2 rings (SSSR count). The van der Waals surface area contributed by atoms with Crippen LogP contribution < -0.4 is 10.7 Å². The Morgan fingerprint density at radius 2 is 1.76 bits per heavy atom. The maximum atomic E-state index is 11.4. The zero-order chi connectivity index (χ0) is 18.2. The molecule has 0 amide bonds. The van der Waals surface area contributed by atoms with Crippen LogP contribution in [0.4, 0.5) is 5.69 Å². The first-order valence-corrected chi connectivity index (χ1v) is 7.97. The SMILES string of the molecule is CC(=O)c1ccc([N+](=CNCC(=O)O)N[C@@H](C)c2ccccc2)cc1. The summed E-state index contributed by atoms with van der Waals surface area (Å²) in [6, 6.07) is 17.0. The minimum absolute atomic E-state index is 0.00306. The highest BCUT2D eigenvalue weighted by Crippen LogP contribution is 2.16. The molecule has 0 saturated heterocycles. The molecular formula is C19H22N3O3+. The molecule has 0 radical (unpaired) electrons. The third kappa shape index (κ3) is 5.46. The van der Waals surface area contributed by atoms with Crippen LogP contribution in [0.15, 0.2) is 54.6 Å². The van der Waals surface area contributed by atoms with Crippen LogP contribution in [0.25, 0.3) is 0 Å². The number of hydrazine groups is 1. The van der Waals surface area contributed by atoms with Crippen LogP contribution in [0.5, 0.6) is 0 Å². The lowest BCUT2D eigenvalue weighted by atomic mass is 10.1. The van der Waals surface area contributed by atoms with E-state index >= 15 is 0 Å². The summed E-state index contributed by atoms with van der Waals surface area (Å²) in [5.41, 5.74) is 5.81. The number of rotatable bonds is 8. The second-order valence-corrected chi connectivity index (χ2v) is 5.64. The fourth-order valence-electron chi connectivity index (χ4n) is 2.29. The molecular weight excluding hydrogens is 318 g/mol. The van der Waals surface area contributed by atoms with Crippen molar-refractivity contribution in [1.82, 2.24) is 10.7 Å². The molecule has 3 N–H and O–H groups in total. The highest BCUT2D eigenvalue weighted by atomic mass is 16.4. The van der Waals surface area contributed by atoms with Crippen LogP contribution in [-0.4, -0.2) is 34.4 Å². The van der Waals surface area contributed by atoms with E-state index in [-0.39, 0.29) is 18.4 Å². The number of carbonyl (C=O) groups excluding carboxylic acids is 1. The van der Waals surface area contributed by atoms with Crippen LogP contribution in [0.1, 0.15) is 35.8 Å². The summed E-state index contributed by atoms with van der Waals surface area (Å²) in [4.78, 5) is 22.1. The Morgan fingerprint density at radius 3 is 2.32 bits per heavy atom. The summed E-state index contributed by atoms with van der Waals surface area (Å²) < 4.78 is 1.71. The zero-order valence-corrected chi connectivity index (χ0v) is 14.3. The monoisotopic (exact) mass is 340 g/mol. The molecule has 0 fully saturated rings. The topological polar surface area (TPSA) is 81.4 Å². The van der Waals surface area contributed by atoms with Gasteiger partial charge in [0.25, 0.3) is 6.34 Å². The molecule has 0 aliphatic carbocycles. The Morgan fingerprint density at radius 1 is 1.12 bits per heavy atom. The first kappa shape index (κ1) is 18.2. The van der Waals surface area contributed by atoms with Crippen LogP contribution in [0, 0.1) is 0 Å². The second-order valence-electron chi connectivity index (χ2n) is 5.64. The molecule has 0 aromatic heterocycles. The van der Waals surface area contributed by atoms with E-state index in [1.807, 2.05) is 37.3 Å². The van der Waals surface area contributed by atoms with Gasteiger partial charge in [-0.25, -0.2) is 10.2 Å². The fraction of sp³-hybridized carbons (Fsp3) is 0.211. The maximum Gasteiger partial charge on any atom is 0.345 e. The Bertz CT molecular complexity index is 755. The molecule has 25 heavy (non-hydrogen) atoms. The molecule has 130 valence electrons. The summed E-state index contributed by atoms with van der Waals surface area (Å²) in [7, 11) is 0. The van der Waals surface area contributed by atoms with Crippen molar-refractivity contribution in [3.05, 3.63) is 65.7 Å². The van der Waals surface area contributed by atoms with Gasteiger partial charge in [0.05, 0.1) is 6.04 Å². The number of hydrazone groups is 1. The maximum absolute atomic E-state index is 11.4. The Hall–Kier alpha value is -3.15. The number of benzene rings is 2. The molecule has 0 unspecified atom stereocenters. The standard InChI is InChI=1S/C19H21N3O3/c1-14(16-6-4-3-5-7-16)21-22(13-20-12-19(24)25)18-10-8-17(9-11-18)15(2)23/h3-11,13-14,21H,12H2,1-2H3,(H,24,25)/p+1/t14-/m0/s1. The van der Waals surface area contributed by atoms with Gasteiger partial charge in [0, 0.05) is 5.56 Å². The average Bonchev–Trinajstić information content (AvgIpc) is 2.61. The molecule has 0 saturated carbocycles. The number of nitrogens with one attached hydrogen (secondary N) is 2. The molecule has 1 atom stereocenters. The third-order valence-electron chi connectivity index (χ3n) is 3.66. The Kier molecular flexibility index (Phi) is 6.28. The lowest BCUT2D eigenvalue weighted by Gasteiger charge is -2.16. The van der Waals surface area contributed by atoms with Crippen molar-refractivity contribution in [3.8, 4) is 0 Å². The van der Waals surface area contributed by atoms with E-state index in [1.165, 1.54) is 6.92 Å². The van der Waals surface area contributed by atoms with Gasteiger partial charge in [-0.15, -0.1) is 4.68 Å². The van der Waals surface area contributed by atoms with Crippen molar-refractivity contribution < 1.29 is 19.4 Å². The van der Waals surface area contributed by atoms with Gasteiger partial charge in [-0.05, 0) is 43.7 Å². The summed E-state index contributed by atoms with van der Waals surface area (Å²) >= 11 is 0. The average molecular weight is 340 g/mol. The Balaban J connectivity index is 2.23. The van der Waals surface area contributed by atoms with Gasteiger partial charge in [-0.3, -0.25) is 10.1 Å². The number of hydrogen-bond donors (Lipinski definition) is 3. The Labute approximate surface area is 146 Å². The van der Waals surface area contributed by atoms with Gasteiger partial charge in [0.15, 0.2) is 18.0 Å². The third-order valence-corrected chi connectivity index (χ3v) is 3.66. The van der Waals surface area contributed by atoms with Crippen LogP contribution in [-0.2, 0) is 4.79 Å². The van der Waals surface area contributed by atoms with Gasteiger partial charge in [-0.2, -0.15) is 0 Å². The lowest BCUT2D eigenvalue weighted by molar-refractivity contribution is -0.512. The van der Waals surface area contributed by atoms with Crippen LogP contribution in [0.2, 0.25) is 0 Å². The fourth-order valence-corrected chi connectivity index (χ4v) is 2.29. The molecule has 6 nitrogen and oxygen atoms in total. The minimum Gasteiger partial charge on any atom is -0.478 e. The molecule has 0 heterocycles. The van der Waals surface area contributed by atoms with Crippen molar-refractivity contribution in [1.29, 1.82) is 0 Å². The molecule has 0 aliphatic heterocycles. The molecule has 0 aliphatic rings. The number of carbonyl (C=O) groups is 2. The quantitative estimate of drug-likeness (QED) is 0.226. The van der Waals surface area contributed by atoms with E-state index in [4.69, 9.17) is 5.11 Å². The zero-order valence-electron chi connectivity index (χ0n) is 14.3. The van der Waals surface area contributed by atoms with Crippen molar-refractivity contribution >= 4 is 23.8 Å². The van der Waals surface area contributed by atoms with Gasteiger partial charge >= 0.3 is 5.97 Å². The van der Waals surface area contributed by atoms with Crippen LogP contribution in [0.3, 0.4) is 0 Å². The second kappa shape index (κ2) is 8.63. The van der Waals surface area contributed by atoms with Gasteiger partial charge in [0.2, 0.25) is 0 Å². The minimum atomic E-state index is -0.945. The van der Waals surface area contributed by atoms with Crippen molar-refractivity contribution in [2.75, 3.05) is 6.54 Å². The van der Waals surface area contributed by atoms with E-state index in [2.05, 4.69) is 10.7 Å². The summed E-state index contributed by atoms with van der Waals surface area (Å²) in [6.07, 6.45) is 1.57. The number of nitrogens with zero attached hydrogens (tertiary/aromatic N) is 1. The molecule has 0 spiro atoms. The van der Waals surface area contributed by atoms with Crippen molar-refractivity contribution in [2.24, 2.45) is 0 Å². The smallest absolute Gasteiger partial charge is 0.345 e. The summed E-state index contributed by atoms with van der Waals surface area (Å²) in [5.74, 6) is -0.948. The van der Waals surface area contributed by atoms with E-state index in [0.717, 1.165) is 11.3 Å². The number of ketones is 1.